The molecule has 6 heteroatoms. The highest BCUT2D eigenvalue weighted by molar-refractivity contribution is 7.17. The zero-order valence-corrected chi connectivity index (χ0v) is 11.4. The number of hydrogen-bond acceptors (Lipinski definition) is 5. The molecule has 2 heterocycles. The number of piperazine rings is 1. The van der Waals surface area contributed by atoms with Crippen molar-refractivity contribution in [2.45, 2.75) is 13.3 Å². The molecule has 2 rings (SSSR count). The SMILES string of the molecule is CCCN1CCN(c2nc(Cl)c(C=O)s2)CC1. The molecule has 0 saturated carbocycles. The van der Waals surface area contributed by atoms with Crippen molar-refractivity contribution in [3.05, 3.63) is 10.0 Å². The zero-order chi connectivity index (χ0) is 12.3. The van der Waals surface area contributed by atoms with E-state index < -0.39 is 0 Å². The molecule has 0 N–H and O–H groups in total. The summed E-state index contributed by atoms with van der Waals surface area (Å²) in [6.07, 6.45) is 1.97. The van der Waals surface area contributed by atoms with E-state index in [1.165, 1.54) is 17.8 Å². The summed E-state index contributed by atoms with van der Waals surface area (Å²) in [6, 6.07) is 0. The molecule has 0 atom stereocenters. The first kappa shape index (κ1) is 12.8. The lowest BCUT2D eigenvalue weighted by Gasteiger charge is -2.34. The number of carbonyl (C=O) groups excluding carboxylic acids is 1. The Hall–Kier alpha value is -0.650. The molecule has 0 radical (unpaired) electrons. The number of thiazole rings is 1. The van der Waals surface area contributed by atoms with E-state index in [-0.39, 0.29) is 0 Å². The maximum absolute atomic E-state index is 10.7. The van der Waals surface area contributed by atoms with Crippen LogP contribution >= 0.6 is 22.9 Å². The third-order valence-corrected chi connectivity index (χ3v) is 4.33. The van der Waals surface area contributed by atoms with Crippen LogP contribution in [0.25, 0.3) is 0 Å². The zero-order valence-electron chi connectivity index (χ0n) is 9.86. The molecule has 1 aliphatic rings. The van der Waals surface area contributed by atoms with Crippen molar-refractivity contribution in [3.63, 3.8) is 0 Å². The van der Waals surface area contributed by atoms with Crippen LogP contribution in [-0.4, -0.2) is 48.9 Å². The van der Waals surface area contributed by atoms with Crippen LogP contribution < -0.4 is 4.90 Å². The van der Waals surface area contributed by atoms with Gasteiger partial charge in [-0.25, -0.2) is 4.98 Å². The van der Waals surface area contributed by atoms with Gasteiger partial charge in [0.2, 0.25) is 0 Å². The second-order valence-electron chi connectivity index (χ2n) is 4.10. The number of nitrogens with zero attached hydrogens (tertiary/aromatic N) is 3. The van der Waals surface area contributed by atoms with Gasteiger partial charge in [-0.2, -0.15) is 0 Å². The Labute approximate surface area is 110 Å². The number of hydrogen-bond donors (Lipinski definition) is 0. The van der Waals surface area contributed by atoms with Crippen LogP contribution in [0.3, 0.4) is 0 Å². The lowest BCUT2D eigenvalue weighted by molar-refractivity contribution is 0.112. The van der Waals surface area contributed by atoms with Crippen LogP contribution in [0.1, 0.15) is 23.0 Å². The van der Waals surface area contributed by atoms with E-state index in [1.807, 2.05) is 0 Å². The summed E-state index contributed by atoms with van der Waals surface area (Å²) in [5.74, 6) is 0. The summed E-state index contributed by atoms with van der Waals surface area (Å²) in [4.78, 5) is 20.1. The van der Waals surface area contributed by atoms with Crippen LogP contribution in [0.2, 0.25) is 5.15 Å². The van der Waals surface area contributed by atoms with Gasteiger partial charge in [0.05, 0.1) is 0 Å². The first-order valence-electron chi connectivity index (χ1n) is 5.83. The summed E-state index contributed by atoms with van der Waals surface area (Å²) in [5, 5.41) is 1.20. The van der Waals surface area contributed by atoms with Gasteiger partial charge in [-0.05, 0) is 13.0 Å². The summed E-state index contributed by atoms with van der Waals surface area (Å²) < 4.78 is 0. The summed E-state index contributed by atoms with van der Waals surface area (Å²) >= 11 is 7.25. The van der Waals surface area contributed by atoms with Crippen LogP contribution in [0.15, 0.2) is 0 Å². The maximum atomic E-state index is 10.7. The van der Waals surface area contributed by atoms with Gasteiger partial charge >= 0.3 is 0 Å². The molecule has 0 spiro atoms. The van der Waals surface area contributed by atoms with Gasteiger partial charge in [-0.15, -0.1) is 0 Å². The van der Waals surface area contributed by atoms with E-state index in [0.717, 1.165) is 44.1 Å². The largest absolute Gasteiger partial charge is 0.345 e. The Morgan fingerprint density at radius 2 is 2.12 bits per heavy atom. The number of halogens is 1. The van der Waals surface area contributed by atoms with Crippen molar-refractivity contribution in [3.8, 4) is 0 Å². The third kappa shape index (κ3) is 2.97. The fourth-order valence-electron chi connectivity index (χ4n) is 1.99. The van der Waals surface area contributed by atoms with Gasteiger partial charge in [0.1, 0.15) is 4.88 Å². The molecule has 1 aliphatic heterocycles. The van der Waals surface area contributed by atoms with Crippen molar-refractivity contribution < 1.29 is 4.79 Å². The molecule has 4 nitrogen and oxygen atoms in total. The minimum atomic E-state index is 0.330. The third-order valence-electron chi connectivity index (χ3n) is 2.89. The molecule has 94 valence electrons. The van der Waals surface area contributed by atoms with Crippen LogP contribution in [0.5, 0.6) is 0 Å². The maximum Gasteiger partial charge on any atom is 0.187 e. The van der Waals surface area contributed by atoms with Crippen molar-refractivity contribution in [1.29, 1.82) is 0 Å². The topological polar surface area (TPSA) is 36.4 Å². The van der Waals surface area contributed by atoms with Gasteiger partial charge in [0, 0.05) is 26.2 Å². The highest BCUT2D eigenvalue weighted by atomic mass is 35.5. The molecular formula is C11H16ClN3OS. The van der Waals surface area contributed by atoms with Crippen molar-refractivity contribution >= 4 is 34.4 Å². The van der Waals surface area contributed by atoms with Gasteiger partial charge < -0.3 is 4.90 Å². The Morgan fingerprint density at radius 1 is 1.41 bits per heavy atom. The monoisotopic (exact) mass is 273 g/mol. The second kappa shape index (κ2) is 5.80. The molecule has 0 aromatic carbocycles. The molecule has 1 fully saturated rings. The molecular weight excluding hydrogens is 258 g/mol. The highest BCUT2D eigenvalue weighted by Crippen LogP contribution is 2.28. The molecule has 17 heavy (non-hydrogen) atoms. The smallest absolute Gasteiger partial charge is 0.187 e. The molecule has 0 unspecified atom stereocenters. The first-order valence-corrected chi connectivity index (χ1v) is 7.03. The number of aromatic nitrogens is 1. The van der Waals surface area contributed by atoms with Gasteiger partial charge in [0.15, 0.2) is 16.6 Å². The molecule has 0 bridgehead atoms. The van der Waals surface area contributed by atoms with E-state index in [1.54, 1.807) is 0 Å². The standard InChI is InChI=1S/C11H16ClN3OS/c1-2-3-14-4-6-15(7-5-14)11-13-10(12)9(8-16)17-11/h8H,2-7H2,1H3. The number of carbonyl (C=O) groups is 1. The molecule has 0 amide bonds. The van der Waals surface area contributed by atoms with Gasteiger partial charge in [-0.1, -0.05) is 29.9 Å². The minimum absolute atomic E-state index is 0.330. The predicted octanol–water partition coefficient (Wildman–Crippen LogP) is 2.14. The number of aldehydes is 1. The number of rotatable bonds is 4. The van der Waals surface area contributed by atoms with E-state index in [4.69, 9.17) is 11.6 Å². The van der Waals surface area contributed by atoms with E-state index in [0.29, 0.717) is 10.0 Å². The lowest BCUT2D eigenvalue weighted by Crippen LogP contribution is -2.46. The van der Waals surface area contributed by atoms with E-state index in [2.05, 4.69) is 21.7 Å². The lowest BCUT2D eigenvalue weighted by atomic mass is 10.3. The fourth-order valence-corrected chi connectivity index (χ4v) is 3.10. The Kier molecular flexibility index (Phi) is 4.36. The Balaban J connectivity index is 1.97. The molecule has 0 aliphatic carbocycles. The van der Waals surface area contributed by atoms with Crippen molar-refractivity contribution in [1.82, 2.24) is 9.88 Å². The van der Waals surface area contributed by atoms with Crippen LogP contribution in [-0.2, 0) is 0 Å². The summed E-state index contributed by atoms with van der Waals surface area (Å²) in [5.41, 5.74) is 0. The normalized spacial score (nSPS) is 17.4. The fraction of sp³-hybridized carbons (Fsp3) is 0.636. The predicted molar refractivity (Wildman–Crippen MR) is 71.5 cm³/mol. The average Bonchev–Trinajstić information content (AvgIpc) is 2.72. The average molecular weight is 274 g/mol. The van der Waals surface area contributed by atoms with E-state index in [9.17, 15) is 4.79 Å². The Bertz CT molecular complexity index is 388. The molecule has 1 saturated heterocycles. The minimum Gasteiger partial charge on any atom is -0.345 e. The van der Waals surface area contributed by atoms with Crippen LogP contribution in [0, 0.1) is 0 Å². The van der Waals surface area contributed by atoms with Crippen LogP contribution in [0.4, 0.5) is 5.13 Å². The summed E-state index contributed by atoms with van der Waals surface area (Å²) in [6.45, 7) is 7.39. The highest BCUT2D eigenvalue weighted by Gasteiger charge is 2.20. The number of anilines is 1. The van der Waals surface area contributed by atoms with Gasteiger partial charge in [0.25, 0.3) is 0 Å². The molecule has 1 aromatic rings. The second-order valence-corrected chi connectivity index (χ2v) is 5.47. The summed E-state index contributed by atoms with van der Waals surface area (Å²) in [7, 11) is 0. The van der Waals surface area contributed by atoms with Gasteiger partial charge in [-0.3, -0.25) is 9.69 Å². The molecule has 1 aromatic heterocycles. The van der Waals surface area contributed by atoms with Crippen molar-refractivity contribution in [2.75, 3.05) is 37.6 Å². The van der Waals surface area contributed by atoms with Crippen molar-refractivity contribution in [2.24, 2.45) is 0 Å². The quantitative estimate of drug-likeness (QED) is 0.788. The van der Waals surface area contributed by atoms with E-state index >= 15 is 0 Å². The Morgan fingerprint density at radius 3 is 2.65 bits per heavy atom. The first-order chi connectivity index (χ1) is 8.24.